The predicted octanol–water partition coefficient (Wildman–Crippen LogP) is 2.38. The first-order chi connectivity index (χ1) is 8.09. The summed E-state index contributed by atoms with van der Waals surface area (Å²) in [5.74, 6) is 0. The van der Waals surface area contributed by atoms with Crippen molar-refractivity contribution < 1.29 is 19.0 Å². The number of hydrogen-bond donors (Lipinski definition) is 1. The number of alkyl halides is 1. The summed E-state index contributed by atoms with van der Waals surface area (Å²) in [4.78, 5) is 11.9. The zero-order valence-corrected chi connectivity index (χ0v) is 9.47. The molecule has 0 bridgehead atoms. The molecule has 5 heteroatoms. The number of carbonyl (C=O) groups is 1. The second kappa shape index (κ2) is 4.71. The van der Waals surface area contributed by atoms with Gasteiger partial charge in [-0.3, -0.25) is 0 Å². The molecule has 1 aromatic rings. The first kappa shape index (κ1) is 11.9. The van der Waals surface area contributed by atoms with Gasteiger partial charge in [-0.1, -0.05) is 24.3 Å². The zero-order chi connectivity index (χ0) is 12.4. The second-order valence-electron chi connectivity index (χ2n) is 4.08. The van der Waals surface area contributed by atoms with Crippen molar-refractivity contribution in [3.63, 3.8) is 0 Å². The molecule has 1 aliphatic heterocycles. The monoisotopic (exact) mass is 239 g/mol. The van der Waals surface area contributed by atoms with Gasteiger partial charge < -0.3 is 14.7 Å². The number of carboxylic acid groups (broad SMARTS) is 1. The smallest absolute Gasteiger partial charge is 0.407 e. The van der Waals surface area contributed by atoms with Gasteiger partial charge in [-0.2, -0.15) is 0 Å². The number of likely N-dealkylation sites (N-methyl/N-ethyl adjacent to an activating group) is 1. The van der Waals surface area contributed by atoms with Crippen LogP contribution in [0.3, 0.4) is 0 Å². The lowest BCUT2D eigenvalue weighted by Crippen LogP contribution is -2.33. The quantitative estimate of drug-likeness (QED) is 0.862. The molecule has 0 radical (unpaired) electrons. The maximum absolute atomic E-state index is 13.6. The van der Waals surface area contributed by atoms with Crippen molar-refractivity contribution in [3.05, 3.63) is 35.4 Å². The fourth-order valence-electron chi connectivity index (χ4n) is 1.95. The average molecular weight is 239 g/mol. The molecular weight excluding hydrogens is 225 g/mol. The van der Waals surface area contributed by atoms with Gasteiger partial charge in [-0.25, -0.2) is 9.18 Å². The van der Waals surface area contributed by atoms with E-state index < -0.39 is 12.3 Å². The third-order valence-corrected chi connectivity index (χ3v) is 2.89. The topological polar surface area (TPSA) is 49.8 Å². The Bertz CT molecular complexity index is 424. The number of nitrogens with zero attached hydrogens (tertiary/aromatic N) is 1. The highest BCUT2D eigenvalue weighted by Gasteiger charge is 2.28. The zero-order valence-electron chi connectivity index (χ0n) is 9.47. The van der Waals surface area contributed by atoms with E-state index in [1.807, 2.05) is 0 Å². The van der Waals surface area contributed by atoms with Crippen LogP contribution in [0.15, 0.2) is 24.3 Å². The lowest BCUT2D eigenvalue weighted by Gasteiger charge is -2.30. The molecule has 0 aromatic heterocycles. The SMILES string of the molecule is CN(CC1OC[C@@H](F)c2ccccc21)C(=O)O. The van der Waals surface area contributed by atoms with Crippen LogP contribution in [0, 0.1) is 0 Å². The lowest BCUT2D eigenvalue weighted by molar-refractivity contribution is -0.0136. The Balaban J connectivity index is 2.21. The summed E-state index contributed by atoms with van der Waals surface area (Å²) in [5, 5.41) is 8.81. The third-order valence-electron chi connectivity index (χ3n) is 2.89. The van der Waals surface area contributed by atoms with Crippen LogP contribution in [0.4, 0.5) is 9.18 Å². The number of hydrogen-bond acceptors (Lipinski definition) is 2. The van der Waals surface area contributed by atoms with Crippen molar-refractivity contribution >= 4 is 6.09 Å². The van der Waals surface area contributed by atoms with Gasteiger partial charge in [0.1, 0.15) is 12.3 Å². The van der Waals surface area contributed by atoms with Crippen molar-refractivity contribution in [2.75, 3.05) is 20.2 Å². The summed E-state index contributed by atoms with van der Waals surface area (Å²) in [6.07, 6.45) is -2.54. The summed E-state index contributed by atoms with van der Waals surface area (Å²) in [6.45, 7) is 0.189. The Hall–Kier alpha value is -1.62. The molecule has 1 heterocycles. The van der Waals surface area contributed by atoms with Crippen LogP contribution in [-0.2, 0) is 4.74 Å². The number of amides is 1. The Morgan fingerprint density at radius 3 is 2.82 bits per heavy atom. The highest BCUT2D eigenvalue weighted by molar-refractivity contribution is 5.64. The van der Waals surface area contributed by atoms with E-state index in [0.29, 0.717) is 5.56 Å². The first-order valence-electron chi connectivity index (χ1n) is 5.38. The van der Waals surface area contributed by atoms with Crippen LogP contribution in [0.1, 0.15) is 23.4 Å². The molecule has 2 atom stereocenters. The highest BCUT2D eigenvalue weighted by atomic mass is 19.1. The molecule has 1 aliphatic rings. The Kier molecular flexibility index (Phi) is 3.28. The molecule has 0 aliphatic carbocycles. The maximum atomic E-state index is 13.6. The fraction of sp³-hybridized carbons (Fsp3) is 0.417. The predicted molar refractivity (Wildman–Crippen MR) is 59.6 cm³/mol. The molecule has 2 rings (SSSR count). The number of ether oxygens (including phenoxy) is 1. The normalized spacial score (nSPS) is 22.9. The van der Waals surface area contributed by atoms with Gasteiger partial charge in [0.25, 0.3) is 0 Å². The van der Waals surface area contributed by atoms with E-state index in [1.54, 1.807) is 24.3 Å². The molecule has 0 saturated heterocycles. The van der Waals surface area contributed by atoms with Crippen LogP contribution in [0.5, 0.6) is 0 Å². The third kappa shape index (κ3) is 2.39. The van der Waals surface area contributed by atoms with E-state index in [2.05, 4.69) is 0 Å². The summed E-state index contributed by atoms with van der Waals surface area (Å²) < 4.78 is 18.9. The van der Waals surface area contributed by atoms with Gasteiger partial charge in [0.15, 0.2) is 0 Å². The standard InChI is InChI=1S/C12H14FNO3/c1-14(12(15)16)6-11-9-5-3-2-4-8(9)10(13)7-17-11/h2-5,10-11H,6-7H2,1H3,(H,15,16)/t10-,11?/m1/s1. The number of fused-ring (bicyclic) bond motifs is 1. The van der Waals surface area contributed by atoms with Crippen LogP contribution in [0.2, 0.25) is 0 Å². The summed E-state index contributed by atoms with van der Waals surface area (Å²) in [5.41, 5.74) is 1.34. The van der Waals surface area contributed by atoms with Crippen LogP contribution in [-0.4, -0.2) is 36.3 Å². The Labute approximate surface area is 98.6 Å². The first-order valence-corrected chi connectivity index (χ1v) is 5.38. The van der Waals surface area contributed by atoms with Crippen LogP contribution >= 0.6 is 0 Å². The fourth-order valence-corrected chi connectivity index (χ4v) is 1.95. The van der Waals surface area contributed by atoms with E-state index in [1.165, 1.54) is 7.05 Å². The van der Waals surface area contributed by atoms with Crippen molar-refractivity contribution in [3.8, 4) is 0 Å². The van der Waals surface area contributed by atoms with E-state index >= 15 is 0 Å². The van der Waals surface area contributed by atoms with Crippen molar-refractivity contribution in [2.24, 2.45) is 0 Å². The molecule has 0 fully saturated rings. The molecule has 0 spiro atoms. The van der Waals surface area contributed by atoms with E-state index in [-0.39, 0.29) is 19.3 Å². The molecule has 4 nitrogen and oxygen atoms in total. The Morgan fingerprint density at radius 1 is 1.53 bits per heavy atom. The van der Waals surface area contributed by atoms with Gasteiger partial charge in [-0.05, 0) is 11.1 Å². The molecule has 1 unspecified atom stereocenters. The Morgan fingerprint density at radius 2 is 2.18 bits per heavy atom. The van der Waals surface area contributed by atoms with Gasteiger partial charge >= 0.3 is 6.09 Å². The van der Waals surface area contributed by atoms with Crippen LogP contribution in [0.25, 0.3) is 0 Å². The molecule has 1 aromatic carbocycles. The van der Waals surface area contributed by atoms with Crippen molar-refractivity contribution in [1.82, 2.24) is 4.90 Å². The molecule has 17 heavy (non-hydrogen) atoms. The van der Waals surface area contributed by atoms with E-state index in [0.717, 1.165) is 10.5 Å². The van der Waals surface area contributed by atoms with E-state index in [9.17, 15) is 9.18 Å². The van der Waals surface area contributed by atoms with Gasteiger partial charge in [0.2, 0.25) is 0 Å². The van der Waals surface area contributed by atoms with Crippen molar-refractivity contribution in [2.45, 2.75) is 12.3 Å². The molecule has 1 N–H and O–H groups in total. The largest absolute Gasteiger partial charge is 0.465 e. The van der Waals surface area contributed by atoms with E-state index in [4.69, 9.17) is 9.84 Å². The van der Waals surface area contributed by atoms with Crippen LogP contribution < -0.4 is 0 Å². The van der Waals surface area contributed by atoms with Gasteiger partial charge in [0.05, 0.1) is 13.2 Å². The minimum Gasteiger partial charge on any atom is -0.465 e. The molecular formula is C12H14FNO3. The van der Waals surface area contributed by atoms with Gasteiger partial charge in [-0.15, -0.1) is 0 Å². The highest BCUT2D eigenvalue weighted by Crippen LogP contribution is 2.34. The lowest BCUT2D eigenvalue weighted by atomic mass is 9.96. The minimum absolute atomic E-state index is 0.0187. The second-order valence-corrected chi connectivity index (χ2v) is 4.08. The molecule has 92 valence electrons. The minimum atomic E-state index is -1.13. The molecule has 0 saturated carbocycles. The molecule has 1 amide bonds. The summed E-state index contributed by atoms with van der Waals surface area (Å²) >= 11 is 0. The summed E-state index contributed by atoms with van der Waals surface area (Å²) in [6, 6.07) is 7.07. The number of benzene rings is 1. The number of rotatable bonds is 2. The maximum Gasteiger partial charge on any atom is 0.407 e. The summed E-state index contributed by atoms with van der Waals surface area (Å²) in [7, 11) is 1.47. The van der Waals surface area contributed by atoms with Gasteiger partial charge in [0, 0.05) is 7.05 Å². The average Bonchev–Trinajstić information content (AvgIpc) is 2.33. The number of halogens is 1. The van der Waals surface area contributed by atoms with Crippen molar-refractivity contribution in [1.29, 1.82) is 0 Å².